The first kappa shape index (κ1) is 12.4. The van der Waals surface area contributed by atoms with E-state index in [0.29, 0.717) is 11.8 Å². The summed E-state index contributed by atoms with van der Waals surface area (Å²) in [5, 5.41) is 0. The van der Waals surface area contributed by atoms with Crippen LogP contribution in [0.1, 0.15) is 46.0 Å². The van der Waals surface area contributed by atoms with Crippen molar-refractivity contribution in [3.8, 4) is 0 Å². The smallest absolute Gasteiger partial charge is 0.168 e. The van der Waals surface area contributed by atoms with Gasteiger partial charge < -0.3 is 4.74 Å². The highest BCUT2D eigenvalue weighted by Crippen LogP contribution is 2.42. The van der Waals surface area contributed by atoms with Gasteiger partial charge >= 0.3 is 0 Å². The van der Waals surface area contributed by atoms with E-state index in [1.54, 1.807) is 13.2 Å². The number of allylic oxidation sites excluding steroid dienone is 1. The maximum Gasteiger partial charge on any atom is 0.168 e. The van der Waals surface area contributed by atoms with Gasteiger partial charge in [-0.15, -0.1) is 6.58 Å². The third kappa shape index (κ3) is 2.69. The van der Waals surface area contributed by atoms with Crippen LogP contribution in [0.4, 0.5) is 0 Å². The standard InChI is InChI=1S/C13H22O2/c1-5-6-11(14)13(15-4)9-7-12(2,3)8-10-13/h5H,1,6-10H2,2-4H3. The molecule has 0 spiro atoms. The quantitative estimate of drug-likeness (QED) is 0.666. The van der Waals surface area contributed by atoms with E-state index in [1.807, 2.05) is 0 Å². The third-order valence-electron chi connectivity index (χ3n) is 3.64. The van der Waals surface area contributed by atoms with Gasteiger partial charge in [0.1, 0.15) is 5.60 Å². The van der Waals surface area contributed by atoms with Crippen LogP contribution in [0.25, 0.3) is 0 Å². The highest BCUT2D eigenvalue weighted by molar-refractivity contribution is 5.88. The number of ketones is 1. The lowest BCUT2D eigenvalue weighted by molar-refractivity contribution is -0.147. The second-order valence-corrected chi connectivity index (χ2v) is 5.28. The number of Topliss-reactive ketones (excluding diaryl/α,β-unsaturated/α-hetero) is 1. The van der Waals surface area contributed by atoms with Gasteiger partial charge in [-0.25, -0.2) is 0 Å². The first-order valence-electron chi connectivity index (χ1n) is 5.65. The third-order valence-corrected chi connectivity index (χ3v) is 3.64. The Morgan fingerprint density at radius 2 is 1.87 bits per heavy atom. The van der Waals surface area contributed by atoms with E-state index in [9.17, 15) is 4.79 Å². The van der Waals surface area contributed by atoms with Gasteiger partial charge in [-0.1, -0.05) is 19.9 Å². The summed E-state index contributed by atoms with van der Waals surface area (Å²) in [7, 11) is 1.65. The molecule has 0 atom stereocenters. The fraction of sp³-hybridized carbons (Fsp3) is 0.769. The molecule has 1 rings (SSSR count). The van der Waals surface area contributed by atoms with Crippen molar-refractivity contribution in [2.75, 3.05) is 7.11 Å². The predicted octanol–water partition coefficient (Wildman–Crippen LogP) is 3.12. The van der Waals surface area contributed by atoms with Crippen molar-refractivity contribution in [3.05, 3.63) is 12.7 Å². The molecule has 0 aliphatic heterocycles. The number of ether oxygens (including phenoxy) is 1. The highest BCUT2D eigenvalue weighted by Gasteiger charge is 2.43. The van der Waals surface area contributed by atoms with Crippen LogP contribution in [0.15, 0.2) is 12.7 Å². The zero-order valence-electron chi connectivity index (χ0n) is 10.1. The molecule has 0 aromatic carbocycles. The first-order chi connectivity index (χ1) is 6.96. The normalized spacial score (nSPS) is 23.4. The number of hydrogen-bond acceptors (Lipinski definition) is 2. The summed E-state index contributed by atoms with van der Waals surface area (Å²) in [6.45, 7) is 8.12. The highest BCUT2D eigenvalue weighted by atomic mass is 16.5. The molecule has 2 nitrogen and oxygen atoms in total. The fourth-order valence-corrected chi connectivity index (χ4v) is 2.24. The Balaban J connectivity index is 2.72. The van der Waals surface area contributed by atoms with Crippen molar-refractivity contribution in [2.24, 2.45) is 5.41 Å². The van der Waals surface area contributed by atoms with Gasteiger partial charge in [0.2, 0.25) is 0 Å². The summed E-state index contributed by atoms with van der Waals surface area (Å²) in [4.78, 5) is 12.0. The van der Waals surface area contributed by atoms with E-state index in [-0.39, 0.29) is 5.78 Å². The molecule has 1 aliphatic carbocycles. The Kier molecular flexibility index (Phi) is 3.72. The van der Waals surface area contributed by atoms with Gasteiger partial charge in [-0.05, 0) is 31.1 Å². The Labute approximate surface area is 92.7 Å². The molecule has 15 heavy (non-hydrogen) atoms. The van der Waals surface area contributed by atoms with Crippen LogP contribution in [0.5, 0.6) is 0 Å². The predicted molar refractivity (Wildman–Crippen MR) is 61.8 cm³/mol. The van der Waals surface area contributed by atoms with Crippen LogP contribution >= 0.6 is 0 Å². The van der Waals surface area contributed by atoms with E-state index in [4.69, 9.17) is 4.74 Å². The maximum absolute atomic E-state index is 12.0. The molecule has 0 unspecified atom stereocenters. The summed E-state index contributed by atoms with van der Waals surface area (Å²) < 4.78 is 5.49. The van der Waals surface area contributed by atoms with Gasteiger partial charge in [-0.2, -0.15) is 0 Å². The minimum atomic E-state index is -0.524. The molecule has 0 heterocycles. The van der Waals surface area contributed by atoms with Crippen LogP contribution < -0.4 is 0 Å². The Morgan fingerprint density at radius 3 is 2.27 bits per heavy atom. The average Bonchev–Trinajstić information content (AvgIpc) is 2.19. The molecule has 0 aromatic heterocycles. The van der Waals surface area contributed by atoms with Crippen LogP contribution in [0.2, 0.25) is 0 Å². The monoisotopic (exact) mass is 210 g/mol. The molecular formula is C13H22O2. The topological polar surface area (TPSA) is 26.3 Å². The second-order valence-electron chi connectivity index (χ2n) is 5.28. The molecule has 0 radical (unpaired) electrons. The summed E-state index contributed by atoms with van der Waals surface area (Å²) >= 11 is 0. The van der Waals surface area contributed by atoms with Gasteiger partial charge in [0, 0.05) is 13.5 Å². The molecule has 1 saturated carbocycles. The number of hydrogen-bond donors (Lipinski definition) is 0. The summed E-state index contributed by atoms with van der Waals surface area (Å²) in [5.41, 5.74) is -0.166. The van der Waals surface area contributed by atoms with Gasteiger partial charge in [0.15, 0.2) is 5.78 Å². The van der Waals surface area contributed by atoms with Crippen molar-refractivity contribution < 1.29 is 9.53 Å². The Bertz CT molecular complexity index is 243. The van der Waals surface area contributed by atoms with Crippen LogP contribution in [0.3, 0.4) is 0 Å². The molecule has 1 fully saturated rings. The Morgan fingerprint density at radius 1 is 1.33 bits per heavy atom. The fourth-order valence-electron chi connectivity index (χ4n) is 2.24. The molecule has 0 N–H and O–H groups in total. The molecule has 0 amide bonds. The molecule has 2 heteroatoms. The number of rotatable bonds is 4. The number of carbonyl (C=O) groups is 1. The average molecular weight is 210 g/mol. The van der Waals surface area contributed by atoms with E-state index < -0.39 is 5.60 Å². The van der Waals surface area contributed by atoms with E-state index in [1.165, 1.54) is 0 Å². The largest absolute Gasteiger partial charge is 0.370 e. The molecule has 0 aromatic rings. The van der Waals surface area contributed by atoms with Crippen LogP contribution in [-0.2, 0) is 9.53 Å². The van der Waals surface area contributed by atoms with Crippen molar-refractivity contribution in [1.82, 2.24) is 0 Å². The minimum Gasteiger partial charge on any atom is -0.370 e. The second kappa shape index (κ2) is 4.48. The number of methoxy groups -OCH3 is 1. The van der Waals surface area contributed by atoms with E-state index >= 15 is 0 Å². The summed E-state index contributed by atoms with van der Waals surface area (Å²) in [6.07, 6.45) is 5.91. The lowest BCUT2D eigenvalue weighted by Crippen LogP contribution is -2.45. The van der Waals surface area contributed by atoms with Crippen molar-refractivity contribution >= 4 is 5.78 Å². The van der Waals surface area contributed by atoms with Crippen LogP contribution in [0, 0.1) is 5.41 Å². The zero-order chi connectivity index (χ0) is 11.5. The van der Waals surface area contributed by atoms with Gasteiger partial charge in [-0.3, -0.25) is 4.79 Å². The maximum atomic E-state index is 12.0. The lowest BCUT2D eigenvalue weighted by Gasteiger charge is -2.41. The first-order valence-corrected chi connectivity index (χ1v) is 5.65. The summed E-state index contributed by atoms with van der Waals surface area (Å²) in [6, 6.07) is 0. The van der Waals surface area contributed by atoms with Gasteiger partial charge in [0.25, 0.3) is 0 Å². The minimum absolute atomic E-state index is 0.190. The molecule has 86 valence electrons. The molecule has 0 bridgehead atoms. The number of carbonyl (C=O) groups excluding carboxylic acids is 1. The van der Waals surface area contributed by atoms with Crippen molar-refractivity contribution in [1.29, 1.82) is 0 Å². The van der Waals surface area contributed by atoms with Crippen molar-refractivity contribution in [2.45, 2.75) is 51.6 Å². The SMILES string of the molecule is C=CCC(=O)C1(OC)CCC(C)(C)CC1. The Hall–Kier alpha value is -0.630. The van der Waals surface area contributed by atoms with Crippen molar-refractivity contribution in [3.63, 3.8) is 0 Å². The lowest BCUT2D eigenvalue weighted by atomic mass is 9.69. The zero-order valence-corrected chi connectivity index (χ0v) is 10.1. The molecule has 1 aliphatic rings. The van der Waals surface area contributed by atoms with E-state index in [2.05, 4.69) is 20.4 Å². The van der Waals surface area contributed by atoms with Crippen LogP contribution in [-0.4, -0.2) is 18.5 Å². The molecule has 0 saturated heterocycles. The van der Waals surface area contributed by atoms with E-state index in [0.717, 1.165) is 25.7 Å². The molecular weight excluding hydrogens is 188 g/mol. The van der Waals surface area contributed by atoms with Gasteiger partial charge in [0.05, 0.1) is 0 Å². The summed E-state index contributed by atoms with van der Waals surface area (Å²) in [5.74, 6) is 0.190.